The van der Waals surface area contributed by atoms with Gasteiger partial charge >= 0.3 is 0 Å². The summed E-state index contributed by atoms with van der Waals surface area (Å²) < 4.78 is 28.1. The van der Waals surface area contributed by atoms with Gasteiger partial charge in [-0.2, -0.15) is 4.31 Å². The standard InChI is InChI=1S/C9H14N4O3S2/c1-7-6-12(3-4-13(7)18(2,15)16)9(14)8-5-10-11-17-8/h5,7H,3-4,6H2,1-2H3/t7-/m0/s1. The van der Waals surface area contributed by atoms with Gasteiger partial charge in [-0.3, -0.25) is 4.79 Å². The molecule has 100 valence electrons. The van der Waals surface area contributed by atoms with Crippen molar-refractivity contribution in [2.24, 2.45) is 0 Å². The van der Waals surface area contributed by atoms with Crippen LogP contribution in [0.15, 0.2) is 6.20 Å². The molecule has 18 heavy (non-hydrogen) atoms. The van der Waals surface area contributed by atoms with E-state index >= 15 is 0 Å². The highest BCUT2D eigenvalue weighted by atomic mass is 32.2. The lowest BCUT2D eigenvalue weighted by atomic mass is 10.2. The van der Waals surface area contributed by atoms with E-state index in [0.29, 0.717) is 24.5 Å². The third kappa shape index (κ3) is 2.68. The highest BCUT2D eigenvalue weighted by Crippen LogP contribution is 2.16. The first kappa shape index (κ1) is 13.4. The Morgan fingerprint density at radius 1 is 1.50 bits per heavy atom. The summed E-state index contributed by atoms with van der Waals surface area (Å²) >= 11 is 1.05. The van der Waals surface area contributed by atoms with Crippen LogP contribution in [-0.2, 0) is 10.0 Å². The lowest BCUT2D eigenvalue weighted by molar-refractivity contribution is 0.0647. The van der Waals surface area contributed by atoms with Gasteiger partial charge < -0.3 is 4.90 Å². The smallest absolute Gasteiger partial charge is 0.267 e. The molecule has 1 aromatic rings. The van der Waals surface area contributed by atoms with Crippen LogP contribution in [0.3, 0.4) is 0 Å². The van der Waals surface area contributed by atoms with Gasteiger partial charge in [0.1, 0.15) is 4.88 Å². The normalized spacial score (nSPS) is 22.1. The second-order valence-corrected chi connectivity index (χ2v) is 6.98. The number of carbonyl (C=O) groups excluding carboxylic acids is 1. The number of nitrogens with zero attached hydrogens (tertiary/aromatic N) is 4. The fourth-order valence-corrected chi connectivity index (χ4v) is 3.65. The van der Waals surface area contributed by atoms with Crippen LogP contribution in [0.5, 0.6) is 0 Å². The highest BCUT2D eigenvalue weighted by Gasteiger charge is 2.32. The molecule has 1 aliphatic rings. The Labute approximate surface area is 110 Å². The number of aromatic nitrogens is 2. The Bertz CT molecular complexity index is 528. The maximum atomic E-state index is 12.1. The van der Waals surface area contributed by atoms with Crippen molar-refractivity contribution in [2.75, 3.05) is 25.9 Å². The Balaban J connectivity index is 2.07. The summed E-state index contributed by atoms with van der Waals surface area (Å²) in [5.74, 6) is -0.134. The quantitative estimate of drug-likeness (QED) is 0.743. The molecule has 2 rings (SSSR count). The molecule has 0 N–H and O–H groups in total. The molecule has 0 spiro atoms. The summed E-state index contributed by atoms with van der Waals surface area (Å²) in [7, 11) is -3.20. The number of hydrogen-bond donors (Lipinski definition) is 0. The van der Waals surface area contributed by atoms with Crippen LogP contribution in [-0.4, -0.2) is 65.0 Å². The van der Waals surface area contributed by atoms with Crippen LogP contribution in [0.1, 0.15) is 16.6 Å². The van der Waals surface area contributed by atoms with Crippen molar-refractivity contribution in [3.8, 4) is 0 Å². The second kappa shape index (κ2) is 4.90. The zero-order valence-electron chi connectivity index (χ0n) is 10.1. The lowest BCUT2D eigenvalue weighted by Gasteiger charge is -2.37. The second-order valence-electron chi connectivity index (χ2n) is 4.26. The Morgan fingerprint density at radius 3 is 2.72 bits per heavy atom. The van der Waals surface area contributed by atoms with Crippen LogP contribution < -0.4 is 0 Å². The summed E-state index contributed by atoms with van der Waals surface area (Å²) in [6.45, 7) is 2.92. The molecule has 0 unspecified atom stereocenters. The molecule has 1 amide bonds. The van der Waals surface area contributed by atoms with E-state index in [1.54, 1.807) is 11.8 Å². The van der Waals surface area contributed by atoms with Gasteiger partial charge in [0.2, 0.25) is 10.0 Å². The third-order valence-electron chi connectivity index (χ3n) is 2.85. The van der Waals surface area contributed by atoms with E-state index in [1.165, 1.54) is 16.8 Å². The number of piperazine rings is 1. The number of sulfonamides is 1. The van der Waals surface area contributed by atoms with Gasteiger partial charge in [0, 0.05) is 25.7 Å². The Kier molecular flexibility index (Phi) is 3.64. The van der Waals surface area contributed by atoms with E-state index < -0.39 is 10.0 Å². The molecule has 1 fully saturated rings. The van der Waals surface area contributed by atoms with Crippen molar-refractivity contribution in [3.63, 3.8) is 0 Å². The molecule has 2 heterocycles. The topological polar surface area (TPSA) is 83.5 Å². The van der Waals surface area contributed by atoms with Crippen LogP contribution in [0.2, 0.25) is 0 Å². The third-order valence-corrected chi connectivity index (χ3v) is 4.90. The lowest BCUT2D eigenvalue weighted by Crippen LogP contribution is -2.55. The molecule has 0 radical (unpaired) electrons. The van der Waals surface area contributed by atoms with Crippen molar-refractivity contribution in [2.45, 2.75) is 13.0 Å². The molecule has 0 aliphatic carbocycles. The average molecular weight is 290 g/mol. The zero-order valence-corrected chi connectivity index (χ0v) is 11.7. The molecular weight excluding hydrogens is 276 g/mol. The van der Waals surface area contributed by atoms with E-state index in [-0.39, 0.29) is 11.9 Å². The van der Waals surface area contributed by atoms with Crippen molar-refractivity contribution in [1.82, 2.24) is 18.8 Å². The first-order chi connectivity index (χ1) is 8.39. The van der Waals surface area contributed by atoms with Crippen LogP contribution in [0.25, 0.3) is 0 Å². The number of amides is 1. The maximum absolute atomic E-state index is 12.1. The average Bonchev–Trinajstić information content (AvgIpc) is 2.79. The highest BCUT2D eigenvalue weighted by molar-refractivity contribution is 7.88. The summed E-state index contributed by atoms with van der Waals surface area (Å²) in [4.78, 5) is 14.2. The van der Waals surface area contributed by atoms with Gasteiger partial charge in [0.25, 0.3) is 5.91 Å². The fourth-order valence-electron chi connectivity index (χ4n) is 2.04. The molecule has 1 atom stereocenters. The molecule has 0 bridgehead atoms. The largest absolute Gasteiger partial charge is 0.335 e. The van der Waals surface area contributed by atoms with E-state index in [1.807, 2.05) is 0 Å². The number of hydrogen-bond acceptors (Lipinski definition) is 6. The molecule has 7 nitrogen and oxygen atoms in total. The SMILES string of the molecule is C[C@H]1CN(C(=O)c2cnns2)CCN1S(C)(=O)=O. The summed E-state index contributed by atoms with van der Waals surface area (Å²) in [5.41, 5.74) is 0. The minimum absolute atomic E-state index is 0.134. The van der Waals surface area contributed by atoms with Crippen LogP contribution in [0, 0.1) is 0 Å². The van der Waals surface area contributed by atoms with E-state index in [4.69, 9.17) is 0 Å². The van der Waals surface area contributed by atoms with Gasteiger partial charge in [0.05, 0.1) is 12.5 Å². The fraction of sp³-hybridized carbons (Fsp3) is 0.667. The summed E-state index contributed by atoms with van der Waals surface area (Å²) in [5, 5.41) is 3.63. The Morgan fingerprint density at radius 2 is 2.22 bits per heavy atom. The maximum Gasteiger partial charge on any atom is 0.267 e. The van der Waals surface area contributed by atoms with Crippen molar-refractivity contribution < 1.29 is 13.2 Å². The van der Waals surface area contributed by atoms with Crippen molar-refractivity contribution in [1.29, 1.82) is 0 Å². The molecule has 1 saturated heterocycles. The minimum Gasteiger partial charge on any atom is -0.335 e. The van der Waals surface area contributed by atoms with Gasteiger partial charge in [-0.25, -0.2) is 8.42 Å². The molecule has 1 aliphatic heterocycles. The zero-order chi connectivity index (χ0) is 13.3. The van der Waals surface area contributed by atoms with Gasteiger partial charge in [-0.1, -0.05) is 4.49 Å². The van der Waals surface area contributed by atoms with Gasteiger partial charge in [-0.15, -0.1) is 5.10 Å². The summed E-state index contributed by atoms with van der Waals surface area (Å²) in [6.07, 6.45) is 2.62. The molecule has 1 aromatic heterocycles. The molecule has 0 aromatic carbocycles. The number of rotatable bonds is 2. The summed E-state index contributed by atoms with van der Waals surface area (Å²) in [6, 6.07) is -0.210. The van der Waals surface area contributed by atoms with Crippen LogP contribution >= 0.6 is 11.5 Å². The molecule has 9 heteroatoms. The molecule has 0 saturated carbocycles. The number of carbonyl (C=O) groups is 1. The first-order valence-electron chi connectivity index (χ1n) is 5.43. The van der Waals surface area contributed by atoms with E-state index in [9.17, 15) is 13.2 Å². The minimum atomic E-state index is -3.20. The van der Waals surface area contributed by atoms with Crippen molar-refractivity contribution >= 4 is 27.5 Å². The van der Waals surface area contributed by atoms with Crippen molar-refractivity contribution in [3.05, 3.63) is 11.1 Å². The predicted octanol–water partition coefficient (Wildman–Crippen LogP) is -0.356. The first-order valence-corrected chi connectivity index (χ1v) is 8.05. The predicted molar refractivity (Wildman–Crippen MR) is 66.8 cm³/mol. The van der Waals surface area contributed by atoms with Gasteiger partial charge in [-0.05, 0) is 18.5 Å². The van der Waals surface area contributed by atoms with Gasteiger partial charge in [0.15, 0.2) is 0 Å². The molecular formula is C9H14N4O3S2. The monoisotopic (exact) mass is 290 g/mol. The van der Waals surface area contributed by atoms with E-state index in [2.05, 4.69) is 9.59 Å². The van der Waals surface area contributed by atoms with E-state index in [0.717, 1.165) is 11.5 Å². The Hall–Kier alpha value is -1.06. The van der Waals surface area contributed by atoms with Crippen LogP contribution in [0.4, 0.5) is 0 Å².